The van der Waals surface area contributed by atoms with Crippen LogP contribution in [0.2, 0.25) is 0 Å². The summed E-state index contributed by atoms with van der Waals surface area (Å²) >= 11 is 7.74. The molecule has 74 valence electrons. The Morgan fingerprint density at radius 2 is 2.36 bits per heavy atom. The van der Waals surface area contributed by atoms with Gasteiger partial charge < -0.3 is 5.73 Å². The van der Waals surface area contributed by atoms with Crippen LogP contribution in [0.25, 0.3) is 0 Å². The van der Waals surface area contributed by atoms with Crippen LogP contribution in [0.1, 0.15) is 5.56 Å². The molecule has 0 aliphatic rings. The number of hydrogen-bond donors (Lipinski definition) is 2. The molecule has 1 rings (SSSR count). The Morgan fingerprint density at radius 1 is 1.64 bits per heavy atom. The van der Waals surface area contributed by atoms with Gasteiger partial charge in [-0.3, -0.25) is 5.43 Å². The van der Waals surface area contributed by atoms with Gasteiger partial charge in [-0.1, -0.05) is 15.9 Å². The molecule has 0 atom stereocenters. The molecule has 3 nitrogen and oxygen atoms in total. The molecule has 0 aromatic heterocycles. The molecule has 1 aromatic carbocycles. The quantitative estimate of drug-likeness (QED) is 0.491. The van der Waals surface area contributed by atoms with Crippen LogP contribution in [0.4, 0.5) is 4.39 Å². The van der Waals surface area contributed by atoms with E-state index in [4.69, 9.17) is 5.73 Å². The molecular formula is C8H7BrFN3S. The molecule has 0 bridgehead atoms. The van der Waals surface area contributed by atoms with Gasteiger partial charge in [0.25, 0.3) is 0 Å². The van der Waals surface area contributed by atoms with Crippen molar-refractivity contribution in [3.05, 3.63) is 34.1 Å². The van der Waals surface area contributed by atoms with E-state index in [1.165, 1.54) is 18.3 Å². The van der Waals surface area contributed by atoms with Gasteiger partial charge in [-0.2, -0.15) is 5.10 Å². The molecule has 6 heteroatoms. The fourth-order valence-electron chi connectivity index (χ4n) is 0.772. The van der Waals surface area contributed by atoms with Crippen LogP contribution >= 0.6 is 28.1 Å². The number of halogens is 2. The zero-order valence-electron chi connectivity index (χ0n) is 7.00. The first-order valence-electron chi connectivity index (χ1n) is 3.63. The normalized spacial score (nSPS) is 10.4. The summed E-state index contributed by atoms with van der Waals surface area (Å²) in [7, 11) is 0. The van der Waals surface area contributed by atoms with Gasteiger partial charge in [0, 0.05) is 10.0 Å². The fraction of sp³-hybridized carbons (Fsp3) is 0. The minimum absolute atomic E-state index is 0.0829. The lowest BCUT2D eigenvalue weighted by Gasteiger charge is -1.98. The summed E-state index contributed by atoms with van der Waals surface area (Å²) in [6.07, 6.45) is 1.49. The molecule has 0 amide bonds. The predicted octanol–water partition coefficient (Wildman–Crippen LogP) is 1.76. The van der Waals surface area contributed by atoms with Gasteiger partial charge in [-0.15, -0.1) is 0 Å². The maximum Gasteiger partial charge on any atom is 0.184 e. The van der Waals surface area contributed by atoms with E-state index in [1.54, 1.807) is 6.07 Å². The van der Waals surface area contributed by atoms with E-state index in [0.29, 0.717) is 4.47 Å². The zero-order chi connectivity index (χ0) is 10.6. The molecule has 0 fully saturated rings. The second-order valence-corrected chi connectivity index (χ2v) is 3.69. The van der Waals surface area contributed by atoms with Crippen molar-refractivity contribution in [2.75, 3.05) is 0 Å². The molecule has 0 unspecified atom stereocenters. The van der Waals surface area contributed by atoms with Gasteiger partial charge in [0.1, 0.15) is 5.82 Å². The molecule has 0 heterocycles. The molecule has 3 N–H and O–H groups in total. The number of rotatable bonds is 2. The number of nitrogens with two attached hydrogens (primary N) is 1. The second-order valence-electron chi connectivity index (χ2n) is 2.40. The van der Waals surface area contributed by atoms with Crippen molar-refractivity contribution in [2.45, 2.75) is 0 Å². The van der Waals surface area contributed by atoms with E-state index in [-0.39, 0.29) is 10.9 Å². The van der Waals surface area contributed by atoms with Crippen LogP contribution in [0, 0.1) is 5.82 Å². The largest absolute Gasteiger partial charge is 0.375 e. The minimum Gasteiger partial charge on any atom is -0.375 e. The van der Waals surface area contributed by atoms with Gasteiger partial charge >= 0.3 is 0 Å². The van der Waals surface area contributed by atoms with Gasteiger partial charge in [0.15, 0.2) is 5.11 Å². The Morgan fingerprint density at radius 3 is 2.93 bits per heavy atom. The van der Waals surface area contributed by atoms with Crippen molar-refractivity contribution in [2.24, 2.45) is 10.8 Å². The molecule has 1 aromatic rings. The maximum absolute atomic E-state index is 12.7. The van der Waals surface area contributed by atoms with Crippen LogP contribution in [-0.4, -0.2) is 11.3 Å². The lowest BCUT2D eigenvalue weighted by Crippen LogP contribution is -2.24. The minimum atomic E-state index is -0.309. The highest BCUT2D eigenvalue weighted by molar-refractivity contribution is 9.10. The first-order valence-corrected chi connectivity index (χ1v) is 4.83. The Balaban J connectivity index is 2.76. The van der Waals surface area contributed by atoms with Gasteiger partial charge in [0.05, 0.1) is 6.21 Å². The lowest BCUT2D eigenvalue weighted by atomic mass is 10.2. The van der Waals surface area contributed by atoms with Gasteiger partial charge in [0.2, 0.25) is 0 Å². The van der Waals surface area contributed by atoms with Crippen molar-refractivity contribution < 1.29 is 4.39 Å². The second kappa shape index (κ2) is 5.02. The number of nitrogens with one attached hydrogen (secondary N) is 1. The summed E-state index contributed by atoms with van der Waals surface area (Å²) < 4.78 is 13.3. The van der Waals surface area contributed by atoms with Crippen molar-refractivity contribution in [3.63, 3.8) is 0 Å². The molecule has 0 saturated heterocycles. The Labute approximate surface area is 94.3 Å². The van der Waals surface area contributed by atoms with Crippen LogP contribution < -0.4 is 11.2 Å². The Bertz CT molecular complexity index is 381. The summed E-state index contributed by atoms with van der Waals surface area (Å²) in [6, 6.07) is 4.28. The van der Waals surface area contributed by atoms with Crippen LogP contribution in [0.15, 0.2) is 27.8 Å². The maximum atomic E-state index is 12.7. The zero-order valence-corrected chi connectivity index (χ0v) is 9.40. The van der Waals surface area contributed by atoms with Crippen molar-refractivity contribution >= 4 is 39.5 Å². The number of hydrazone groups is 1. The van der Waals surface area contributed by atoms with E-state index >= 15 is 0 Å². The summed E-state index contributed by atoms with van der Waals surface area (Å²) in [5, 5.41) is 3.82. The van der Waals surface area contributed by atoms with Crippen molar-refractivity contribution in [1.82, 2.24) is 5.43 Å². The highest BCUT2D eigenvalue weighted by Crippen LogP contribution is 2.15. The van der Waals surface area contributed by atoms with Crippen molar-refractivity contribution in [3.8, 4) is 0 Å². The van der Waals surface area contributed by atoms with Crippen LogP contribution in [-0.2, 0) is 0 Å². The highest BCUT2D eigenvalue weighted by atomic mass is 79.9. The summed E-state index contributed by atoms with van der Waals surface area (Å²) in [5.41, 5.74) is 8.29. The topological polar surface area (TPSA) is 50.4 Å². The smallest absolute Gasteiger partial charge is 0.184 e. The average Bonchev–Trinajstić information content (AvgIpc) is 2.08. The Hall–Kier alpha value is -1.01. The summed E-state index contributed by atoms with van der Waals surface area (Å²) in [6.45, 7) is 0. The first kappa shape index (κ1) is 11.1. The van der Waals surface area contributed by atoms with Crippen molar-refractivity contribution in [1.29, 1.82) is 0 Å². The SMILES string of the molecule is NC(=S)NN=Cc1ccc(F)cc1Br. The molecule has 0 aliphatic carbocycles. The van der Waals surface area contributed by atoms with E-state index < -0.39 is 0 Å². The molecule has 0 saturated carbocycles. The molecule has 0 radical (unpaired) electrons. The number of hydrogen-bond acceptors (Lipinski definition) is 2. The van der Waals surface area contributed by atoms with Crippen LogP contribution in [0.3, 0.4) is 0 Å². The highest BCUT2D eigenvalue weighted by Gasteiger charge is 1.97. The number of benzene rings is 1. The average molecular weight is 276 g/mol. The molecule has 0 spiro atoms. The molecule has 0 aliphatic heterocycles. The third-order valence-corrected chi connectivity index (χ3v) is 2.12. The van der Waals surface area contributed by atoms with E-state index in [9.17, 15) is 4.39 Å². The van der Waals surface area contributed by atoms with Crippen LogP contribution in [0.5, 0.6) is 0 Å². The number of nitrogens with zero attached hydrogens (tertiary/aromatic N) is 1. The standard InChI is InChI=1S/C8H7BrFN3S/c9-7-3-6(10)2-1-5(7)4-12-13-8(11)14/h1-4H,(H3,11,13,14). The predicted molar refractivity (Wildman–Crippen MR) is 61.6 cm³/mol. The van der Waals surface area contributed by atoms with E-state index in [1.807, 2.05) is 0 Å². The lowest BCUT2D eigenvalue weighted by molar-refractivity contribution is 0.627. The monoisotopic (exact) mass is 275 g/mol. The summed E-state index contributed by atoms with van der Waals surface area (Å²) in [5.74, 6) is -0.309. The van der Waals surface area contributed by atoms with E-state index in [2.05, 4.69) is 38.7 Å². The fourth-order valence-corrected chi connectivity index (χ4v) is 1.28. The van der Waals surface area contributed by atoms with E-state index in [0.717, 1.165) is 5.56 Å². The molecular weight excluding hydrogens is 269 g/mol. The third kappa shape index (κ3) is 3.39. The Kier molecular flexibility index (Phi) is 3.97. The third-order valence-electron chi connectivity index (χ3n) is 1.34. The van der Waals surface area contributed by atoms with Gasteiger partial charge in [-0.05, 0) is 30.4 Å². The van der Waals surface area contributed by atoms with Gasteiger partial charge in [-0.25, -0.2) is 4.39 Å². The summed E-state index contributed by atoms with van der Waals surface area (Å²) in [4.78, 5) is 0. The number of thiocarbonyl (C=S) groups is 1. The molecule has 14 heavy (non-hydrogen) atoms. The first-order chi connectivity index (χ1) is 6.59.